The second kappa shape index (κ2) is 8.78. The Morgan fingerprint density at radius 3 is 2.47 bits per heavy atom. The highest BCUT2D eigenvalue weighted by atomic mass is 15.1. The van der Waals surface area contributed by atoms with Crippen molar-refractivity contribution in [1.82, 2.24) is 10.2 Å². The average molecular weight is 212 g/mol. The lowest BCUT2D eigenvalue weighted by Gasteiger charge is -2.13. The number of hydrogen-bond donors (Lipinski definition) is 1. The number of nitrogens with one attached hydrogen (secondary N) is 1. The smallest absolute Gasteiger partial charge is 0.0143 e. The van der Waals surface area contributed by atoms with Gasteiger partial charge in [0.2, 0.25) is 0 Å². The third-order valence-corrected chi connectivity index (χ3v) is 2.44. The molecule has 0 aliphatic rings. The lowest BCUT2D eigenvalue weighted by molar-refractivity contribution is 0.408. The summed E-state index contributed by atoms with van der Waals surface area (Å²) in [4.78, 5) is 2.19. The summed E-state index contributed by atoms with van der Waals surface area (Å²) in [5.41, 5.74) is 1.17. The van der Waals surface area contributed by atoms with E-state index in [1.807, 2.05) is 0 Å². The predicted molar refractivity (Wildman–Crippen MR) is 69.0 cm³/mol. The molecule has 0 aliphatic carbocycles. The van der Waals surface area contributed by atoms with Gasteiger partial charge in [0, 0.05) is 18.8 Å². The van der Waals surface area contributed by atoms with Crippen LogP contribution < -0.4 is 5.32 Å². The molecule has 2 heteroatoms. The first-order valence-corrected chi connectivity index (χ1v) is 6.08. The zero-order chi connectivity index (χ0) is 11.7. The van der Waals surface area contributed by atoms with Crippen LogP contribution in [0.3, 0.4) is 0 Å². The minimum absolute atomic E-state index is 0.835. The van der Waals surface area contributed by atoms with Gasteiger partial charge in [0.1, 0.15) is 0 Å². The van der Waals surface area contributed by atoms with Gasteiger partial charge in [-0.15, -0.1) is 0 Å². The molecule has 0 saturated carbocycles. The van der Waals surface area contributed by atoms with Crippen LogP contribution in [0.15, 0.2) is 12.3 Å². The highest BCUT2D eigenvalue weighted by Crippen LogP contribution is 2.05. The fourth-order valence-electron chi connectivity index (χ4n) is 1.39. The van der Waals surface area contributed by atoms with Crippen molar-refractivity contribution in [2.24, 2.45) is 5.92 Å². The van der Waals surface area contributed by atoms with Crippen LogP contribution in [0.4, 0.5) is 0 Å². The van der Waals surface area contributed by atoms with Gasteiger partial charge in [-0.1, -0.05) is 33.3 Å². The molecular weight excluding hydrogens is 184 g/mol. The molecule has 0 aromatic rings. The molecule has 1 N–H and O–H groups in total. The third kappa shape index (κ3) is 11.4. The minimum atomic E-state index is 0.835. The summed E-state index contributed by atoms with van der Waals surface area (Å²) >= 11 is 0. The van der Waals surface area contributed by atoms with Crippen molar-refractivity contribution in [1.29, 1.82) is 0 Å². The van der Waals surface area contributed by atoms with Crippen LogP contribution in [0.1, 0.15) is 39.5 Å². The molecule has 0 radical (unpaired) electrons. The molecule has 0 spiro atoms. The maximum absolute atomic E-state index is 4.02. The Labute approximate surface area is 95.7 Å². The first kappa shape index (κ1) is 14.5. The van der Waals surface area contributed by atoms with Gasteiger partial charge in [0.15, 0.2) is 0 Å². The molecule has 0 saturated heterocycles. The Balaban J connectivity index is 3.24. The Bertz CT molecular complexity index is 162. The summed E-state index contributed by atoms with van der Waals surface area (Å²) in [5, 5.41) is 3.39. The van der Waals surface area contributed by atoms with Crippen LogP contribution >= 0.6 is 0 Å². The quantitative estimate of drug-likeness (QED) is 0.591. The number of nitrogens with zero attached hydrogens (tertiary/aromatic N) is 1. The lowest BCUT2D eigenvalue weighted by atomic mass is 10.1. The van der Waals surface area contributed by atoms with Crippen LogP contribution in [0.25, 0.3) is 0 Å². The molecule has 0 bridgehead atoms. The highest BCUT2D eigenvalue weighted by molar-refractivity contribution is 4.91. The molecule has 0 aromatic heterocycles. The Morgan fingerprint density at radius 2 is 1.93 bits per heavy atom. The van der Waals surface area contributed by atoms with Gasteiger partial charge in [-0.25, -0.2) is 0 Å². The average Bonchev–Trinajstić information content (AvgIpc) is 2.13. The number of rotatable bonds is 9. The van der Waals surface area contributed by atoms with E-state index in [4.69, 9.17) is 0 Å². The number of unbranched alkanes of at least 4 members (excludes halogenated alkanes) is 1. The summed E-state index contributed by atoms with van der Waals surface area (Å²) in [6.07, 6.45) is 4.98. The van der Waals surface area contributed by atoms with E-state index in [9.17, 15) is 0 Å². The molecule has 0 rings (SSSR count). The fraction of sp³-hybridized carbons (Fsp3) is 0.846. The summed E-state index contributed by atoms with van der Waals surface area (Å²) in [6.45, 7) is 10.7. The zero-order valence-electron chi connectivity index (χ0n) is 11.0. The van der Waals surface area contributed by atoms with Crippen molar-refractivity contribution in [2.75, 3.05) is 27.2 Å². The summed E-state index contributed by atoms with van der Waals surface area (Å²) < 4.78 is 0. The van der Waals surface area contributed by atoms with Gasteiger partial charge in [-0.3, -0.25) is 0 Å². The van der Waals surface area contributed by atoms with E-state index >= 15 is 0 Å². The van der Waals surface area contributed by atoms with Crippen LogP contribution in [0, 0.1) is 5.92 Å². The normalized spacial score (nSPS) is 11.1. The van der Waals surface area contributed by atoms with E-state index in [0.29, 0.717) is 0 Å². The molecule has 90 valence electrons. The predicted octanol–water partition coefficient (Wildman–Crippen LogP) is 2.87. The van der Waals surface area contributed by atoms with Gasteiger partial charge in [-0.2, -0.15) is 0 Å². The molecule has 2 nitrogen and oxygen atoms in total. The first-order chi connectivity index (χ1) is 7.02. The van der Waals surface area contributed by atoms with Crippen LogP contribution in [0.2, 0.25) is 0 Å². The fourth-order valence-corrected chi connectivity index (χ4v) is 1.39. The maximum atomic E-state index is 4.02. The highest BCUT2D eigenvalue weighted by Gasteiger charge is 1.96. The van der Waals surface area contributed by atoms with Crippen molar-refractivity contribution in [2.45, 2.75) is 39.5 Å². The Kier molecular flexibility index (Phi) is 8.49. The molecule has 0 heterocycles. The maximum Gasteiger partial charge on any atom is 0.0143 e. The van der Waals surface area contributed by atoms with E-state index in [2.05, 4.69) is 44.7 Å². The summed E-state index contributed by atoms with van der Waals surface area (Å²) in [7, 11) is 4.19. The Hall–Kier alpha value is -0.500. The SMILES string of the molecule is C=C(CCN(C)C)NCCCCC(C)C. The van der Waals surface area contributed by atoms with Crippen LogP contribution in [0.5, 0.6) is 0 Å². The van der Waals surface area contributed by atoms with E-state index in [1.165, 1.54) is 25.0 Å². The van der Waals surface area contributed by atoms with Crippen LogP contribution in [-0.4, -0.2) is 32.1 Å². The Morgan fingerprint density at radius 1 is 1.27 bits per heavy atom. The molecular formula is C13H28N2. The van der Waals surface area contributed by atoms with E-state index in [0.717, 1.165) is 25.4 Å². The largest absolute Gasteiger partial charge is 0.389 e. The van der Waals surface area contributed by atoms with Crippen LogP contribution in [-0.2, 0) is 0 Å². The van der Waals surface area contributed by atoms with Crippen molar-refractivity contribution in [3.05, 3.63) is 12.3 Å². The monoisotopic (exact) mass is 212 g/mol. The summed E-state index contributed by atoms with van der Waals surface area (Å²) in [5.74, 6) is 0.835. The van der Waals surface area contributed by atoms with Gasteiger partial charge < -0.3 is 10.2 Å². The molecule has 0 aromatic carbocycles. The summed E-state index contributed by atoms with van der Waals surface area (Å²) in [6, 6.07) is 0. The van der Waals surface area contributed by atoms with Crippen molar-refractivity contribution in [3.8, 4) is 0 Å². The molecule has 0 aliphatic heterocycles. The second-order valence-electron chi connectivity index (χ2n) is 4.97. The van der Waals surface area contributed by atoms with E-state index in [-0.39, 0.29) is 0 Å². The molecule has 0 unspecified atom stereocenters. The van der Waals surface area contributed by atoms with Gasteiger partial charge in [0.25, 0.3) is 0 Å². The minimum Gasteiger partial charge on any atom is -0.389 e. The van der Waals surface area contributed by atoms with E-state index in [1.54, 1.807) is 0 Å². The van der Waals surface area contributed by atoms with Gasteiger partial charge in [0.05, 0.1) is 0 Å². The topological polar surface area (TPSA) is 15.3 Å². The zero-order valence-corrected chi connectivity index (χ0v) is 11.0. The van der Waals surface area contributed by atoms with E-state index < -0.39 is 0 Å². The molecule has 0 amide bonds. The van der Waals surface area contributed by atoms with Crippen molar-refractivity contribution >= 4 is 0 Å². The molecule has 0 atom stereocenters. The van der Waals surface area contributed by atoms with Crippen molar-refractivity contribution < 1.29 is 0 Å². The first-order valence-electron chi connectivity index (χ1n) is 6.08. The molecule has 0 fully saturated rings. The third-order valence-electron chi connectivity index (χ3n) is 2.44. The number of hydrogen-bond acceptors (Lipinski definition) is 2. The second-order valence-corrected chi connectivity index (χ2v) is 4.97. The van der Waals surface area contributed by atoms with Crippen molar-refractivity contribution in [3.63, 3.8) is 0 Å². The standard InChI is InChI=1S/C13H28N2/c1-12(2)8-6-7-10-14-13(3)9-11-15(4)5/h12,14H,3,6-11H2,1-2,4-5H3. The van der Waals surface area contributed by atoms with Gasteiger partial charge >= 0.3 is 0 Å². The lowest BCUT2D eigenvalue weighted by Crippen LogP contribution is -2.19. The van der Waals surface area contributed by atoms with Gasteiger partial charge in [-0.05, 0) is 32.9 Å². The molecule has 15 heavy (non-hydrogen) atoms.